The molecule has 1 saturated heterocycles. The molecule has 0 N–H and O–H groups in total. The minimum absolute atomic E-state index is 0.0856. The summed E-state index contributed by atoms with van der Waals surface area (Å²) < 4.78 is 32.1. The van der Waals surface area contributed by atoms with E-state index in [1.54, 1.807) is 12.1 Å². The topological polar surface area (TPSA) is 110 Å². The van der Waals surface area contributed by atoms with Gasteiger partial charge in [0.2, 0.25) is 10.0 Å². The van der Waals surface area contributed by atoms with Crippen molar-refractivity contribution >= 4 is 39.4 Å². The molecule has 9 nitrogen and oxygen atoms in total. The van der Waals surface area contributed by atoms with Crippen molar-refractivity contribution in [1.82, 2.24) is 9.37 Å². The van der Waals surface area contributed by atoms with Gasteiger partial charge in [-0.1, -0.05) is 28.8 Å². The van der Waals surface area contributed by atoms with E-state index in [-0.39, 0.29) is 52.9 Å². The Balaban J connectivity index is 1.60. The summed E-state index contributed by atoms with van der Waals surface area (Å²) in [4.78, 5) is 42.2. The maximum atomic E-state index is 12.8. The molecule has 4 rings (SSSR count). The van der Waals surface area contributed by atoms with Crippen LogP contribution < -0.4 is 0 Å². The van der Waals surface area contributed by atoms with E-state index in [1.807, 2.05) is 0 Å². The Labute approximate surface area is 176 Å². The number of sulfonamides is 1. The molecular weight excluding hydrogens is 436 g/mol. The van der Waals surface area contributed by atoms with Gasteiger partial charge in [-0.3, -0.25) is 9.59 Å². The first-order valence-corrected chi connectivity index (χ1v) is 10.7. The average molecular weight is 451 g/mol. The van der Waals surface area contributed by atoms with Crippen LogP contribution in [0.2, 0.25) is 5.02 Å². The van der Waals surface area contributed by atoms with E-state index in [1.165, 1.54) is 28.6 Å². The molecule has 2 heterocycles. The third kappa shape index (κ3) is 3.47. The normalized spacial score (nSPS) is 17.2. The van der Waals surface area contributed by atoms with Crippen molar-refractivity contribution in [3.8, 4) is 0 Å². The fraction of sp³-hybridized carbons (Fsp3) is 0.211. The summed E-state index contributed by atoms with van der Waals surface area (Å²) in [6.07, 6.45) is 0. The fourth-order valence-corrected chi connectivity index (χ4v) is 4.77. The van der Waals surface area contributed by atoms with Crippen molar-refractivity contribution < 1.29 is 32.4 Å². The smallest absolute Gasteiger partial charge is 0.365 e. The Kier molecular flexibility index (Phi) is 5.33. The number of hydrogen-bond acceptors (Lipinski definition) is 7. The molecule has 30 heavy (non-hydrogen) atoms. The number of morpholine rings is 1. The number of nitrogens with zero attached hydrogens (tertiary/aromatic N) is 2. The van der Waals surface area contributed by atoms with Crippen LogP contribution in [0.3, 0.4) is 0 Å². The van der Waals surface area contributed by atoms with Crippen LogP contribution in [-0.2, 0) is 19.6 Å². The molecule has 0 radical (unpaired) electrons. The monoisotopic (exact) mass is 450 g/mol. The highest BCUT2D eigenvalue weighted by Crippen LogP contribution is 2.27. The number of benzene rings is 2. The summed E-state index contributed by atoms with van der Waals surface area (Å²) in [6, 6.07) is 9.60. The molecule has 2 aliphatic heterocycles. The van der Waals surface area contributed by atoms with Crippen molar-refractivity contribution in [2.24, 2.45) is 0 Å². The number of rotatable bonds is 4. The minimum atomic E-state index is -3.89. The van der Waals surface area contributed by atoms with E-state index in [0.717, 1.165) is 6.07 Å². The third-order valence-corrected chi connectivity index (χ3v) is 6.92. The zero-order valence-electron chi connectivity index (χ0n) is 15.4. The van der Waals surface area contributed by atoms with E-state index >= 15 is 0 Å². The molecule has 0 unspecified atom stereocenters. The predicted octanol–water partition coefficient (Wildman–Crippen LogP) is 1.73. The molecule has 2 aliphatic rings. The number of hydroxylamine groups is 2. The zero-order valence-corrected chi connectivity index (χ0v) is 17.0. The predicted molar refractivity (Wildman–Crippen MR) is 103 cm³/mol. The van der Waals surface area contributed by atoms with Crippen LogP contribution >= 0.6 is 11.6 Å². The van der Waals surface area contributed by atoms with Gasteiger partial charge >= 0.3 is 5.97 Å². The lowest BCUT2D eigenvalue weighted by atomic mass is 10.1. The van der Waals surface area contributed by atoms with Crippen molar-refractivity contribution in [3.05, 3.63) is 64.2 Å². The number of carbonyl (C=O) groups excluding carboxylic acids is 3. The fourth-order valence-electron chi connectivity index (χ4n) is 3.14. The molecule has 2 amide bonds. The van der Waals surface area contributed by atoms with Gasteiger partial charge in [0, 0.05) is 13.1 Å². The molecule has 1 fully saturated rings. The van der Waals surface area contributed by atoms with E-state index in [4.69, 9.17) is 21.2 Å². The SMILES string of the molecule is O=C(ON1C(=O)c2ccccc2C1=O)c1cc(S(=O)(=O)N2CCOCC2)ccc1Cl. The second-order valence-electron chi connectivity index (χ2n) is 6.49. The number of hydrogen-bond donors (Lipinski definition) is 0. The van der Waals surface area contributed by atoms with E-state index in [0.29, 0.717) is 5.06 Å². The summed E-state index contributed by atoms with van der Waals surface area (Å²) >= 11 is 6.06. The van der Waals surface area contributed by atoms with Crippen molar-refractivity contribution in [2.45, 2.75) is 4.90 Å². The van der Waals surface area contributed by atoms with Crippen LogP contribution in [0.5, 0.6) is 0 Å². The van der Waals surface area contributed by atoms with Gasteiger partial charge in [0.15, 0.2) is 0 Å². The summed E-state index contributed by atoms with van der Waals surface area (Å²) in [5, 5.41) is 0.254. The standard InChI is InChI=1S/C19H15ClN2O7S/c20-16-6-5-12(30(26,27)21-7-9-28-10-8-21)11-15(16)19(25)29-22-17(23)13-3-1-2-4-14(13)18(22)24/h1-6,11H,7-10H2. The van der Waals surface area contributed by atoms with Crippen LogP contribution in [0.4, 0.5) is 0 Å². The van der Waals surface area contributed by atoms with E-state index in [2.05, 4.69) is 0 Å². The first-order valence-electron chi connectivity index (χ1n) is 8.88. The highest BCUT2D eigenvalue weighted by atomic mass is 35.5. The number of amides is 2. The molecule has 156 valence electrons. The number of carbonyl (C=O) groups is 3. The average Bonchev–Trinajstić information content (AvgIpc) is 2.99. The van der Waals surface area contributed by atoms with Gasteiger partial charge in [-0.15, -0.1) is 0 Å². The third-order valence-electron chi connectivity index (χ3n) is 4.70. The molecule has 11 heteroatoms. The van der Waals surface area contributed by atoms with Gasteiger partial charge < -0.3 is 9.57 Å². The van der Waals surface area contributed by atoms with Crippen LogP contribution in [0.25, 0.3) is 0 Å². The van der Waals surface area contributed by atoms with Gasteiger partial charge in [-0.05, 0) is 30.3 Å². The molecule has 0 atom stereocenters. The van der Waals surface area contributed by atoms with Gasteiger partial charge in [0.1, 0.15) is 0 Å². The van der Waals surface area contributed by atoms with Crippen molar-refractivity contribution in [2.75, 3.05) is 26.3 Å². The molecule has 0 saturated carbocycles. The van der Waals surface area contributed by atoms with Crippen LogP contribution in [0, 0.1) is 0 Å². The quantitative estimate of drug-likeness (QED) is 0.652. The summed E-state index contributed by atoms with van der Waals surface area (Å²) in [6.45, 7) is 0.891. The summed E-state index contributed by atoms with van der Waals surface area (Å²) in [5.74, 6) is -2.72. The first-order chi connectivity index (χ1) is 14.3. The lowest BCUT2D eigenvalue weighted by Gasteiger charge is -2.26. The van der Waals surface area contributed by atoms with Gasteiger partial charge in [-0.25, -0.2) is 13.2 Å². The maximum Gasteiger partial charge on any atom is 0.365 e. The van der Waals surface area contributed by atoms with Gasteiger partial charge in [0.05, 0.1) is 39.8 Å². The second kappa shape index (κ2) is 7.80. The van der Waals surface area contributed by atoms with Gasteiger partial charge in [-0.2, -0.15) is 4.31 Å². The lowest BCUT2D eigenvalue weighted by molar-refractivity contribution is -0.0584. The van der Waals surface area contributed by atoms with Crippen LogP contribution in [0.15, 0.2) is 47.4 Å². The number of halogens is 1. The molecule has 0 spiro atoms. The summed E-state index contributed by atoms with van der Waals surface area (Å²) in [5.41, 5.74) is -0.0855. The number of fused-ring (bicyclic) bond motifs is 1. The van der Waals surface area contributed by atoms with E-state index in [9.17, 15) is 22.8 Å². The molecule has 2 aromatic carbocycles. The highest BCUT2D eigenvalue weighted by molar-refractivity contribution is 7.89. The molecular formula is C19H15ClN2O7S. The second-order valence-corrected chi connectivity index (χ2v) is 8.83. The van der Waals surface area contributed by atoms with Crippen LogP contribution in [-0.4, -0.2) is 61.9 Å². The van der Waals surface area contributed by atoms with E-state index < -0.39 is 27.8 Å². The molecule has 0 bridgehead atoms. The number of imide groups is 1. The van der Waals surface area contributed by atoms with Crippen molar-refractivity contribution in [1.29, 1.82) is 0 Å². The number of ether oxygens (including phenoxy) is 1. The van der Waals surface area contributed by atoms with Crippen molar-refractivity contribution in [3.63, 3.8) is 0 Å². The molecule has 0 aromatic heterocycles. The maximum absolute atomic E-state index is 12.8. The molecule has 0 aliphatic carbocycles. The zero-order chi connectivity index (χ0) is 21.5. The minimum Gasteiger partial charge on any atom is -0.379 e. The Hall–Kier alpha value is -2.79. The Morgan fingerprint density at radius 1 is 1.00 bits per heavy atom. The van der Waals surface area contributed by atoms with Crippen LogP contribution in [0.1, 0.15) is 31.1 Å². The van der Waals surface area contributed by atoms with Gasteiger partial charge in [0.25, 0.3) is 11.8 Å². The largest absolute Gasteiger partial charge is 0.379 e. The Morgan fingerprint density at radius 2 is 1.60 bits per heavy atom. The summed E-state index contributed by atoms with van der Waals surface area (Å²) in [7, 11) is -3.89. The Bertz CT molecular complexity index is 1120. The highest BCUT2D eigenvalue weighted by Gasteiger charge is 2.39. The first kappa shape index (κ1) is 20.5. The molecule has 2 aromatic rings. The lowest BCUT2D eigenvalue weighted by Crippen LogP contribution is -2.40. The Morgan fingerprint density at radius 3 is 2.20 bits per heavy atom.